The van der Waals surface area contributed by atoms with E-state index in [1.54, 1.807) is 0 Å². The summed E-state index contributed by atoms with van der Waals surface area (Å²) in [7, 11) is 1.43. The van der Waals surface area contributed by atoms with Crippen LogP contribution in [0, 0.1) is 11.3 Å². The van der Waals surface area contributed by atoms with Crippen LogP contribution in [0.25, 0.3) is 0 Å². The van der Waals surface area contributed by atoms with Crippen LogP contribution in [0.2, 0.25) is 0 Å². The normalized spacial score (nSPS) is 20.5. The van der Waals surface area contributed by atoms with Crippen LogP contribution in [0.1, 0.15) is 30.5 Å². The zero-order chi connectivity index (χ0) is 15.2. The van der Waals surface area contributed by atoms with Crippen molar-refractivity contribution in [2.75, 3.05) is 25.2 Å². The van der Waals surface area contributed by atoms with Crippen LogP contribution < -0.4 is 0 Å². The molecule has 1 aromatic carbocycles. The lowest BCUT2D eigenvalue weighted by Crippen LogP contribution is -2.45. The third kappa shape index (κ3) is 3.99. The first-order chi connectivity index (χ1) is 10.2. The van der Waals surface area contributed by atoms with E-state index >= 15 is 0 Å². The van der Waals surface area contributed by atoms with E-state index in [-0.39, 0.29) is 18.1 Å². The Hall–Kier alpha value is -1.51. The molecule has 1 aliphatic rings. The van der Waals surface area contributed by atoms with E-state index in [0.717, 1.165) is 23.6 Å². The smallest absolute Gasteiger partial charge is 0.307 e. The summed E-state index contributed by atoms with van der Waals surface area (Å²) < 4.78 is 4.81. The molecule has 1 saturated heterocycles. The minimum absolute atomic E-state index is 0.162. The van der Waals surface area contributed by atoms with Gasteiger partial charge in [-0.25, -0.2) is 0 Å². The summed E-state index contributed by atoms with van der Waals surface area (Å²) >= 11 is 1.88. The summed E-state index contributed by atoms with van der Waals surface area (Å²) in [6.07, 6.45) is 0.422. The van der Waals surface area contributed by atoms with E-state index in [1.165, 1.54) is 7.11 Å². The number of ether oxygens (including phenoxy) is 1. The molecule has 1 fully saturated rings. The lowest BCUT2D eigenvalue weighted by Gasteiger charge is -2.39. The van der Waals surface area contributed by atoms with Crippen LogP contribution in [-0.4, -0.2) is 42.1 Å². The summed E-state index contributed by atoms with van der Waals surface area (Å²) in [6, 6.07) is 10.3. The molecule has 0 bridgehead atoms. The number of thioether (sulfide) groups is 1. The predicted octanol–water partition coefficient (Wildman–Crippen LogP) is 2.60. The second-order valence-electron chi connectivity index (χ2n) is 5.16. The maximum Gasteiger partial charge on any atom is 0.307 e. The van der Waals surface area contributed by atoms with Crippen molar-refractivity contribution < 1.29 is 9.53 Å². The monoisotopic (exact) mass is 304 g/mol. The molecule has 0 N–H and O–H groups in total. The highest BCUT2D eigenvalue weighted by atomic mass is 32.2. The number of carbonyl (C=O) groups is 1. The van der Waals surface area contributed by atoms with Crippen LogP contribution in [0.3, 0.4) is 0 Å². The molecular weight excluding hydrogens is 284 g/mol. The van der Waals surface area contributed by atoms with Crippen molar-refractivity contribution in [2.24, 2.45) is 0 Å². The summed E-state index contributed by atoms with van der Waals surface area (Å²) in [6.45, 7) is 3.08. The third-order valence-electron chi connectivity index (χ3n) is 3.90. The van der Waals surface area contributed by atoms with Gasteiger partial charge < -0.3 is 4.74 Å². The Bertz CT molecular complexity index is 541. The van der Waals surface area contributed by atoms with E-state index in [2.05, 4.69) is 17.9 Å². The number of benzene rings is 1. The van der Waals surface area contributed by atoms with Gasteiger partial charge in [-0.05, 0) is 24.6 Å². The number of nitrogens with zero attached hydrogens (tertiary/aromatic N) is 2. The van der Waals surface area contributed by atoms with E-state index < -0.39 is 0 Å². The van der Waals surface area contributed by atoms with Gasteiger partial charge in [-0.15, -0.1) is 0 Å². The van der Waals surface area contributed by atoms with Crippen LogP contribution in [0.15, 0.2) is 24.3 Å². The summed E-state index contributed by atoms with van der Waals surface area (Å²) in [5, 5.41) is 9.03. The number of hydrogen-bond acceptors (Lipinski definition) is 5. The Labute approximate surface area is 130 Å². The third-order valence-corrected chi connectivity index (χ3v) is 4.99. The number of methoxy groups -OCH3 is 1. The number of esters is 1. The Kier molecular flexibility index (Phi) is 5.66. The van der Waals surface area contributed by atoms with Crippen molar-refractivity contribution in [3.05, 3.63) is 35.4 Å². The molecule has 0 aromatic heterocycles. The van der Waals surface area contributed by atoms with Gasteiger partial charge in [0.2, 0.25) is 0 Å². The van der Waals surface area contributed by atoms with Gasteiger partial charge in [-0.3, -0.25) is 9.69 Å². The molecule has 0 amide bonds. The summed E-state index contributed by atoms with van der Waals surface area (Å²) in [5.41, 5.74) is 1.80. The van der Waals surface area contributed by atoms with Crippen molar-refractivity contribution >= 4 is 17.7 Å². The Morgan fingerprint density at radius 3 is 3.14 bits per heavy atom. The molecule has 0 radical (unpaired) electrons. The minimum atomic E-state index is -0.162. The summed E-state index contributed by atoms with van der Waals surface area (Å²) in [5.74, 6) is 1.85. The van der Waals surface area contributed by atoms with Gasteiger partial charge >= 0.3 is 5.97 Å². The highest BCUT2D eigenvalue weighted by Gasteiger charge is 2.29. The molecule has 1 heterocycles. The van der Waals surface area contributed by atoms with Crippen LogP contribution in [0.4, 0.5) is 0 Å². The van der Waals surface area contributed by atoms with Gasteiger partial charge in [0.1, 0.15) is 0 Å². The fourth-order valence-electron chi connectivity index (χ4n) is 2.69. The molecule has 0 saturated carbocycles. The Balaban J connectivity index is 2.15. The average Bonchev–Trinajstić information content (AvgIpc) is 2.54. The zero-order valence-electron chi connectivity index (χ0n) is 12.4. The van der Waals surface area contributed by atoms with Crippen molar-refractivity contribution in [2.45, 2.75) is 25.4 Å². The molecule has 1 aromatic rings. The quantitative estimate of drug-likeness (QED) is 0.800. The van der Waals surface area contributed by atoms with Gasteiger partial charge in [-0.1, -0.05) is 12.1 Å². The first-order valence-corrected chi connectivity index (χ1v) is 8.21. The van der Waals surface area contributed by atoms with Gasteiger partial charge in [0.25, 0.3) is 0 Å². The second kappa shape index (κ2) is 7.48. The van der Waals surface area contributed by atoms with Crippen LogP contribution in [0.5, 0.6) is 0 Å². The molecule has 0 spiro atoms. The zero-order valence-corrected chi connectivity index (χ0v) is 13.2. The van der Waals surface area contributed by atoms with E-state index in [0.29, 0.717) is 12.0 Å². The largest absolute Gasteiger partial charge is 0.469 e. The lowest BCUT2D eigenvalue weighted by molar-refractivity contribution is -0.142. The number of hydrogen-bond donors (Lipinski definition) is 0. The van der Waals surface area contributed by atoms with Crippen molar-refractivity contribution in [1.29, 1.82) is 5.26 Å². The molecule has 5 heteroatoms. The molecule has 1 aliphatic heterocycles. The minimum Gasteiger partial charge on any atom is -0.469 e. The molecule has 0 unspecified atom stereocenters. The maximum absolute atomic E-state index is 11.6. The molecule has 4 nitrogen and oxygen atoms in total. The van der Waals surface area contributed by atoms with Crippen LogP contribution >= 0.6 is 11.8 Å². The van der Waals surface area contributed by atoms with Crippen LogP contribution in [-0.2, 0) is 9.53 Å². The van der Waals surface area contributed by atoms with Gasteiger partial charge in [0, 0.05) is 30.1 Å². The summed E-state index contributed by atoms with van der Waals surface area (Å²) in [4.78, 5) is 13.9. The van der Waals surface area contributed by atoms with E-state index in [4.69, 9.17) is 10.00 Å². The van der Waals surface area contributed by atoms with E-state index in [1.807, 2.05) is 36.0 Å². The maximum atomic E-state index is 11.6. The topological polar surface area (TPSA) is 53.3 Å². The molecule has 2 atom stereocenters. The van der Waals surface area contributed by atoms with Crippen molar-refractivity contribution in [3.63, 3.8) is 0 Å². The van der Waals surface area contributed by atoms with Gasteiger partial charge in [0.15, 0.2) is 0 Å². The Morgan fingerprint density at radius 1 is 1.62 bits per heavy atom. The Morgan fingerprint density at radius 2 is 2.43 bits per heavy atom. The lowest BCUT2D eigenvalue weighted by atomic mass is 10.0. The molecule has 0 aliphatic carbocycles. The number of carbonyl (C=O) groups excluding carboxylic acids is 1. The molecule has 2 rings (SSSR count). The predicted molar refractivity (Wildman–Crippen MR) is 84.0 cm³/mol. The standard InChI is InChI=1S/C16H20N2O2S/c1-12(14-5-3-4-13(8-14)10-17)18-6-7-21-11-15(18)9-16(19)20-2/h3-5,8,12,15H,6-7,9,11H2,1-2H3/t12-,15-/m0/s1. The first kappa shape index (κ1) is 15.9. The van der Waals surface area contributed by atoms with Crippen molar-refractivity contribution in [1.82, 2.24) is 4.90 Å². The number of rotatable bonds is 4. The average molecular weight is 304 g/mol. The van der Waals surface area contributed by atoms with Gasteiger partial charge in [0.05, 0.1) is 25.2 Å². The van der Waals surface area contributed by atoms with Gasteiger partial charge in [-0.2, -0.15) is 17.0 Å². The fourth-order valence-corrected chi connectivity index (χ4v) is 3.78. The molecular formula is C16H20N2O2S. The SMILES string of the molecule is COC(=O)C[C@H]1CSCCN1[C@@H](C)c1cccc(C#N)c1. The van der Waals surface area contributed by atoms with Crippen molar-refractivity contribution in [3.8, 4) is 6.07 Å². The number of nitriles is 1. The highest BCUT2D eigenvalue weighted by Crippen LogP contribution is 2.29. The molecule has 112 valence electrons. The second-order valence-corrected chi connectivity index (χ2v) is 6.31. The fraction of sp³-hybridized carbons (Fsp3) is 0.500. The first-order valence-electron chi connectivity index (χ1n) is 7.06. The van der Waals surface area contributed by atoms with E-state index in [9.17, 15) is 4.79 Å². The highest BCUT2D eigenvalue weighted by molar-refractivity contribution is 7.99. The molecule has 21 heavy (non-hydrogen) atoms.